The summed E-state index contributed by atoms with van der Waals surface area (Å²) in [5.74, 6) is -0.588. The molecule has 0 atom stereocenters. The van der Waals surface area contributed by atoms with E-state index in [-0.39, 0.29) is 17.2 Å². The van der Waals surface area contributed by atoms with Crippen LogP contribution in [0.1, 0.15) is 17.3 Å². The molecule has 0 aliphatic heterocycles. The highest BCUT2D eigenvalue weighted by Crippen LogP contribution is 2.23. The van der Waals surface area contributed by atoms with E-state index < -0.39 is 15.9 Å². The number of carbonyl (C=O) groups is 2. The molecule has 0 saturated heterocycles. The first-order valence-electron chi connectivity index (χ1n) is 8.64. The largest absolute Gasteiger partial charge is 0.324 e. The molecular formula is C21H20N2O4S. The van der Waals surface area contributed by atoms with E-state index >= 15 is 0 Å². The Balaban J connectivity index is 1.75. The normalized spacial score (nSPS) is 11.5. The number of likely N-dealkylation sites (N-methyl/N-ethyl adjacent to an activating group) is 1. The minimum absolute atomic E-state index is 0.0259. The number of benzene rings is 3. The van der Waals surface area contributed by atoms with Gasteiger partial charge in [-0.15, -0.1) is 0 Å². The van der Waals surface area contributed by atoms with Crippen molar-refractivity contribution in [2.45, 2.75) is 11.8 Å². The summed E-state index contributed by atoms with van der Waals surface area (Å²) in [4.78, 5) is 23.8. The molecule has 0 unspecified atom stereocenters. The fourth-order valence-corrected chi connectivity index (χ4v) is 3.98. The van der Waals surface area contributed by atoms with Gasteiger partial charge in [0.2, 0.25) is 15.9 Å². The molecule has 3 aromatic carbocycles. The SMILES string of the molecule is CC(=O)c1ccc(S(=O)(=O)N(C)CC(=O)Nc2cccc3ccccc23)cc1. The molecule has 0 heterocycles. The van der Waals surface area contributed by atoms with Gasteiger partial charge in [0, 0.05) is 23.7 Å². The molecule has 0 aromatic heterocycles. The van der Waals surface area contributed by atoms with Crippen LogP contribution in [-0.2, 0) is 14.8 Å². The lowest BCUT2D eigenvalue weighted by atomic mass is 10.1. The van der Waals surface area contributed by atoms with E-state index in [0.29, 0.717) is 11.3 Å². The second-order valence-corrected chi connectivity index (χ2v) is 8.46. The summed E-state index contributed by atoms with van der Waals surface area (Å²) in [6.45, 7) is 1.08. The van der Waals surface area contributed by atoms with Crippen LogP contribution in [0.4, 0.5) is 5.69 Å². The molecule has 3 aromatic rings. The second-order valence-electron chi connectivity index (χ2n) is 6.42. The predicted molar refractivity (Wildman–Crippen MR) is 109 cm³/mol. The van der Waals surface area contributed by atoms with Gasteiger partial charge in [-0.1, -0.05) is 48.5 Å². The number of fused-ring (bicyclic) bond motifs is 1. The molecule has 7 heteroatoms. The summed E-state index contributed by atoms with van der Waals surface area (Å²) in [6, 6.07) is 18.8. The van der Waals surface area contributed by atoms with Crippen molar-refractivity contribution in [3.8, 4) is 0 Å². The summed E-state index contributed by atoms with van der Waals surface area (Å²) in [5, 5.41) is 4.63. The number of carbonyl (C=O) groups excluding carboxylic acids is 2. The standard InChI is InChI=1S/C21H20N2O4S/c1-15(24)16-10-12-18(13-11-16)28(26,27)23(2)14-21(25)22-20-9-5-7-17-6-3-4-8-19(17)20/h3-13H,14H2,1-2H3,(H,22,25). The molecule has 3 rings (SSSR count). The highest BCUT2D eigenvalue weighted by atomic mass is 32.2. The first-order valence-corrected chi connectivity index (χ1v) is 10.1. The van der Waals surface area contributed by atoms with Gasteiger partial charge in [0.1, 0.15) is 0 Å². The average Bonchev–Trinajstić information content (AvgIpc) is 2.68. The van der Waals surface area contributed by atoms with Crippen LogP contribution in [0, 0.1) is 0 Å². The molecule has 1 amide bonds. The Morgan fingerprint density at radius 3 is 2.25 bits per heavy atom. The third kappa shape index (κ3) is 4.11. The minimum Gasteiger partial charge on any atom is -0.324 e. The molecule has 6 nitrogen and oxygen atoms in total. The third-order valence-electron chi connectivity index (χ3n) is 4.40. The lowest BCUT2D eigenvalue weighted by molar-refractivity contribution is -0.116. The van der Waals surface area contributed by atoms with Gasteiger partial charge in [-0.25, -0.2) is 8.42 Å². The number of amides is 1. The van der Waals surface area contributed by atoms with Crippen molar-refractivity contribution in [2.24, 2.45) is 0 Å². The highest BCUT2D eigenvalue weighted by Gasteiger charge is 2.23. The van der Waals surface area contributed by atoms with Crippen molar-refractivity contribution >= 4 is 38.2 Å². The fraction of sp³-hybridized carbons (Fsp3) is 0.143. The van der Waals surface area contributed by atoms with Gasteiger partial charge in [-0.3, -0.25) is 9.59 Å². The molecular weight excluding hydrogens is 376 g/mol. The molecule has 0 radical (unpaired) electrons. The summed E-state index contributed by atoms with van der Waals surface area (Å²) in [5.41, 5.74) is 1.05. The maximum atomic E-state index is 12.7. The summed E-state index contributed by atoms with van der Waals surface area (Å²) >= 11 is 0. The van der Waals surface area contributed by atoms with Crippen molar-refractivity contribution in [2.75, 3.05) is 18.9 Å². The van der Waals surface area contributed by atoms with Gasteiger partial charge < -0.3 is 5.32 Å². The lowest BCUT2D eigenvalue weighted by Gasteiger charge is -2.17. The van der Waals surface area contributed by atoms with Crippen LogP contribution in [0.3, 0.4) is 0 Å². The molecule has 1 N–H and O–H groups in total. The number of nitrogens with one attached hydrogen (secondary N) is 1. The van der Waals surface area contributed by atoms with Gasteiger partial charge in [0.05, 0.1) is 11.4 Å². The van der Waals surface area contributed by atoms with E-state index in [1.807, 2.05) is 36.4 Å². The maximum absolute atomic E-state index is 12.7. The summed E-state index contributed by atoms with van der Waals surface area (Å²) < 4.78 is 26.3. The third-order valence-corrected chi connectivity index (χ3v) is 6.22. The summed E-state index contributed by atoms with van der Waals surface area (Å²) in [7, 11) is -2.51. The summed E-state index contributed by atoms with van der Waals surface area (Å²) in [6.07, 6.45) is 0. The van der Waals surface area contributed by atoms with Gasteiger partial charge in [-0.2, -0.15) is 4.31 Å². The molecule has 0 spiro atoms. The van der Waals surface area contributed by atoms with Crippen molar-refractivity contribution in [3.05, 3.63) is 72.3 Å². The zero-order valence-electron chi connectivity index (χ0n) is 15.5. The first-order chi connectivity index (χ1) is 13.3. The van der Waals surface area contributed by atoms with Crippen molar-refractivity contribution in [3.63, 3.8) is 0 Å². The number of sulfonamides is 1. The topological polar surface area (TPSA) is 83.6 Å². The lowest BCUT2D eigenvalue weighted by Crippen LogP contribution is -2.35. The van der Waals surface area contributed by atoms with Crippen LogP contribution in [0.2, 0.25) is 0 Å². The van der Waals surface area contributed by atoms with Crippen LogP contribution in [-0.4, -0.2) is 38.0 Å². The van der Waals surface area contributed by atoms with Crippen LogP contribution >= 0.6 is 0 Å². The number of nitrogens with zero attached hydrogens (tertiary/aromatic N) is 1. The van der Waals surface area contributed by atoms with Crippen LogP contribution < -0.4 is 5.32 Å². The van der Waals surface area contributed by atoms with Crippen LogP contribution in [0.25, 0.3) is 10.8 Å². The number of hydrogen-bond acceptors (Lipinski definition) is 4. The minimum atomic E-state index is -3.85. The Hall–Kier alpha value is -3.03. The van der Waals surface area contributed by atoms with E-state index in [4.69, 9.17) is 0 Å². The zero-order chi connectivity index (χ0) is 20.3. The zero-order valence-corrected chi connectivity index (χ0v) is 16.4. The molecule has 144 valence electrons. The van der Waals surface area contributed by atoms with E-state index in [0.717, 1.165) is 15.1 Å². The van der Waals surface area contributed by atoms with E-state index in [2.05, 4.69) is 5.32 Å². The van der Waals surface area contributed by atoms with Gasteiger partial charge in [-0.05, 0) is 30.5 Å². The van der Waals surface area contributed by atoms with E-state index in [9.17, 15) is 18.0 Å². The Morgan fingerprint density at radius 2 is 1.57 bits per heavy atom. The molecule has 28 heavy (non-hydrogen) atoms. The van der Waals surface area contributed by atoms with Crippen molar-refractivity contribution in [1.29, 1.82) is 0 Å². The second kappa shape index (κ2) is 7.92. The Labute approximate surface area is 163 Å². The van der Waals surface area contributed by atoms with Crippen LogP contribution in [0.15, 0.2) is 71.6 Å². The predicted octanol–water partition coefficient (Wildman–Crippen LogP) is 3.30. The average molecular weight is 396 g/mol. The number of rotatable bonds is 6. The molecule has 0 saturated carbocycles. The molecule has 0 fully saturated rings. The number of Topliss-reactive ketones (excluding diaryl/α,β-unsaturated/α-hetero) is 1. The molecule has 0 bridgehead atoms. The number of anilines is 1. The smallest absolute Gasteiger partial charge is 0.243 e. The quantitative estimate of drug-likeness (QED) is 0.648. The maximum Gasteiger partial charge on any atom is 0.243 e. The van der Waals surface area contributed by atoms with Crippen LogP contribution in [0.5, 0.6) is 0 Å². The van der Waals surface area contributed by atoms with Gasteiger partial charge in [0.15, 0.2) is 5.78 Å². The molecule has 0 aliphatic carbocycles. The Kier molecular flexibility index (Phi) is 5.58. The van der Waals surface area contributed by atoms with E-state index in [1.54, 1.807) is 6.07 Å². The fourth-order valence-electron chi connectivity index (χ4n) is 2.85. The number of hydrogen-bond donors (Lipinski definition) is 1. The number of ketones is 1. The van der Waals surface area contributed by atoms with E-state index in [1.165, 1.54) is 38.2 Å². The van der Waals surface area contributed by atoms with Gasteiger partial charge in [0.25, 0.3) is 0 Å². The molecule has 0 aliphatic rings. The van der Waals surface area contributed by atoms with Crippen molar-refractivity contribution < 1.29 is 18.0 Å². The Morgan fingerprint density at radius 1 is 0.929 bits per heavy atom. The van der Waals surface area contributed by atoms with Crippen molar-refractivity contribution in [1.82, 2.24) is 4.31 Å². The monoisotopic (exact) mass is 396 g/mol. The highest BCUT2D eigenvalue weighted by molar-refractivity contribution is 7.89. The Bertz CT molecular complexity index is 1130. The first kappa shape index (κ1) is 19.7. The van der Waals surface area contributed by atoms with Gasteiger partial charge >= 0.3 is 0 Å².